The molecule has 0 amide bonds. The lowest BCUT2D eigenvalue weighted by atomic mass is 9.84. The van der Waals surface area contributed by atoms with Gasteiger partial charge in [0.1, 0.15) is 0 Å². The van der Waals surface area contributed by atoms with Gasteiger partial charge in [-0.3, -0.25) is 4.98 Å². The van der Waals surface area contributed by atoms with Crippen LogP contribution in [0, 0.1) is 22.7 Å². The van der Waals surface area contributed by atoms with Crippen LogP contribution in [0.25, 0.3) is 10.9 Å². The van der Waals surface area contributed by atoms with Gasteiger partial charge in [-0.15, -0.1) is 0 Å². The predicted octanol–water partition coefficient (Wildman–Crippen LogP) is 4.74. The van der Waals surface area contributed by atoms with Crippen LogP contribution in [0.4, 0.5) is 0 Å². The van der Waals surface area contributed by atoms with Crippen LogP contribution in [0.5, 0.6) is 0 Å². The van der Waals surface area contributed by atoms with Crippen LogP contribution < -0.4 is 0 Å². The quantitative estimate of drug-likeness (QED) is 0.602. The Bertz CT molecular complexity index is 926. The average Bonchev–Trinajstić information content (AvgIpc) is 2.67. The molecular weight excluding hydrogens is 294 g/mol. The van der Waals surface area contributed by atoms with Gasteiger partial charge in [0.05, 0.1) is 29.1 Å². The summed E-state index contributed by atoms with van der Waals surface area (Å²) in [6.45, 7) is 0. The Balaban J connectivity index is 0.000000141. The number of rotatable bonds is 0. The van der Waals surface area contributed by atoms with Crippen LogP contribution in [0.15, 0.2) is 60.8 Å². The molecule has 3 heteroatoms. The van der Waals surface area contributed by atoms with Gasteiger partial charge in [-0.05, 0) is 42.5 Å². The van der Waals surface area contributed by atoms with Gasteiger partial charge in [-0.2, -0.15) is 10.5 Å². The zero-order valence-electron chi connectivity index (χ0n) is 13.3. The Morgan fingerprint density at radius 1 is 0.958 bits per heavy atom. The molecule has 3 nitrogen and oxygen atoms in total. The molecule has 1 unspecified atom stereocenters. The van der Waals surface area contributed by atoms with E-state index in [1.165, 1.54) is 11.1 Å². The van der Waals surface area contributed by atoms with Crippen LogP contribution in [0.1, 0.15) is 35.4 Å². The van der Waals surface area contributed by atoms with Crippen LogP contribution in [-0.2, 0) is 6.42 Å². The van der Waals surface area contributed by atoms with Crippen LogP contribution in [0.3, 0.4) is 0 Å². The Morgan fingerprint density at radius 3 is 2.58 bits per heavy atom. The zero-order valence-corrected chi connectivity index (χ0v) is 13.3. The number of fused-ring (bicyclic) bond motifs is 2. The van der Waals surface area contributed by atoms with Crippen LogP contribution in [0.2, 0.25) is 0 Å². The van der Waals surface area contributed by atoms with Crippen molar-refractivity contribution in [3.63, 3.8) is 0 Å². The van der Waals surface area contributed by atoms with Gasteiger partial charge in [0, 0.05) is 11.6 Å². The van der Waals surface area contributed by atoms with E-state index in [0.29, 0.717) is 5.56 Å². The molecule has 0 spiro atoms. The van der Waals surface area contributed by atoms with Crippen molar-refractivity contribution >= 4 is 10.9 Å². The summed E-state index contributed by atoms with van der Waals surface area (Å²) in [6.07, 6.45) is 5.00. The Hall–Kier alpha value is -3.17. The summed E-state index contributed by atoms with van der Waals surface area (Å²) in [5, 5.41) is 18.6. The van der Waals surface area contributed by atoms with Crippen molar-refractivity contribution in [2.24, 2.45) is 0 Å². The summed E-state index contributed by atoms with van der Waals surface area (Å²) in [7, 11) is 0. The number of nitrogens with zero attached hydrogens (tertiary/aromatic N) is 3. The normalized spacial score (nSPS) is 15.3. The highest BCUT2D eigenvalue weighted by atomic mass is 14.6. The molecule has 1 atom stereocenters. The fourth-order valence-corrected chi connectivity index (χ4v) is 3.08. The van der Waals surface area contributed by atoms with E-state index in [1.807, 2.05) is 30.3 Å². The molecule has 4 rings (SSSR count). The van der Waals surface area contributed by atoms with Gasteiger partial charge in [0.15, 0.2) is 0 Å². The molecule has 0 aliphatic heterocycles. The minimum Gasteiger partial charge on any atom is -0.256 e. The van der Waals surface area contributed by atoms with Crippen molar-refractivity contribution in [1.82, 2.24) is 4.98 Å². The first-order valence-corrected chi connectivity index (χ1v) is 8.04. The highest BCUT2D eigenvalue weighted by Gasteiger charge is 2.18. The molecule has 1 aromatic heterocycles. The summed E-state index contributed by atoms with van der Waals surface area (Å²) in [6, 6.07) is 22.1. The highest BCUT2D eigenvalue weighted by molar-refractivity contribution is 5.84. The standard InChI is InChI=1S/C11H11N.C10H6N2/c12-8-10-6-3-5-9-4-1-2-7-11(9)10;11-7-8-5-6-12-10-4-2-1-3-9(8)10/h1-2,4,7,10H,3,5-6H2;1-6H. The molecule has 0 saturated carbocycles. The number of pyridine rings is 1. The maximum atomic E-state index is 8.89. The number of benzene rings is 2. The van der Waals surface area contributed by atoms with Crippen molar-refractivity contribution in [3.05, 3.63) is 77.5 Å². The molecule has 3 aromatic rings. The van der Waals surface area contributed by atoms with Gasteiger partial charge < -0.3 is 0 Å². The second kappa shape index (κ2) is 7.40. The molecular formula is C21H17N3. The molecule has 116 valence electrons. The zero-order chi connectivity index (χ0) is 16.8. The molecule has 0 radical (unpaired) electrons. The van der Waals surface area contributed by atoms with Gasteiger partial charge in [-0.25, -0.2) is 0 Å². The summed E-state index contributed by atoms with van der Waals surface area (Å²) in [4.78, 5) is 4.14. The molecule has 0 N–H and O–H groups in total. The molecule has 1 aliphatic carbocycles. The number of para-hydroxylation sites is 1. The Labute approximate surface area is 141 Å². The number of aromatic nitrogens is 1. The average molecular weight is 311 g/mol. The minimum absolute atomic E-state index is 0.148. The Kier molecular flexibility index (Phi) is 4.84. The first kappa shape index (κ1) is 15.7. The highest BCUT2D eigenvalue weighted by Crippen LogP contribution is 2.30. The first-order valence-electron chi connectivity index (χ1n) is 8.04. The lowest BCUT2D eigenvalue weighted by Crippen LogP contribution is -2.07. The van der Waals surface area contributed by atoms with E-state index in [1.54, 1.807) is 12.3 Å². The molecule has 24 heavy (non-hydrogen) atoms. The van der Waals surface area contributed by atoms with Gasteiger partial charge in [0.25, 0.3) is 0 Å². The third-order valence-electron chi connectivity index (χ3n) is 4.29. The SMILES string of the molecule is N#CC1CCCc2ccccc21.N#Cc1ccnc2ccccc12. The lowest BCUT2D eigenvalue weighted by Gasteiger charge is -2.19. The van der Waals surface area contributed by atoms with E-state index in [4.69, 9.17) is 10.5 Å². The molecule has 2 aromatic carbocycles. The number of hydrogen-bond acceptors (Lipinski definition) is 3. The number of aryl methyl sites for hydroxylation is 1. The minimum atomic E-state index is 0.148. The van der Waals surface area contributed by atoms with E-state index in [9.17, 15) is 0 Å². The van der Waals surface area contributed by atoms with E-state index in [0.717, 1.165) is 30.2 Å². The molecule has 0 saturated heterocycles. The van der Waals surface area contributed by atoms with Crippen molar-refractivity contribution in [2.75, 3.05) is 0 Å². The topological polar surface area (TPSA) is 60.5 Å². The summed E-state index contributed by atoms with van der Waals surface area (Å²) >= 11 is 0. The van der Waals surface area contributed by atoms with E-state index >= 15 is 0 Å². The predicted molar refractivity (Wildman–Crippen MR) is 94.2 cm³/mol. The van der Waals surface area contributed by atoms with Gasteiger partial charge >= 0.3 is 0 Å². The number of hydrogen-bond donors (Lipinski definition) is 0. The first-order chi connectivity index (χ1) is 11.8. The summed E-state index contributed by atoms with van der Waals surface area (Å²) < 4.78 is 0. The van der Waals surface area contributed by atoms with Crippen molar-refractivity contribution in [1.29, 1.82) is 10.5 Å². The second-order valence-corrected chi connectivity index (χ2v) is 5.76. The second-order valence-electron chi connectivity index (χ2n) is 5.76. The molecule has 0 fully saturated rings. The smallest absolute Gasteiger partial charge is 0.0999 e. The molecule has 1 heterocycles. The monoisotopic (exact) mass is 311 g/mol. The maximum absolute atomic E-state index is 8.89. The fourth-order valence-electron chi connectivity index (χ4n) is 3.08. The molecule has 0 bridgehead atoms. The third-order valence-corrected chi connectivity index (χ3v) is 4.29. The summed E-state index contributed by atoms with van der Waals surface area (Å²) in [5.41, 5.74) is 4.18. The maximum Gasteiger partial charge on any atom is 0.0999 e. The lowest BCUT2D eigenvalue weighted by molar-refractivity contribution is 0.637. The van der Waals surface area contributed by atoms with Crippen molar-refractivity contribution in [2.45, 2.75) is 25.2 Å². The fraction of sp³-hybridized carbons (Fsp3) is 0.190. The van der Waals surface area contributed by atoms with Crippen LogP contribution >= 0.6 is 0 Å². The Morgan fingerprint density at radius 2 is 1.75 bits per heavy atom. The van der Waals surface area contributed by atoms with Gasteiger partial charge in [-0.1, -0.05) is 42.5 Å². The van der Waals surface area contributed by atoms with E-state index in [2.05, 4.69) is 35.3 Å². The van der Waals surface area contributed by atoms with Gasteiger partial charge in [0.2, 0.25) is 0 Å². The number of nitriles is 2. The van der Waals surface area contributed by atoms with Crippen LogP contribution in [-0.4, -0.2) is 4.98 Å². The van der Waals surface area contributed by atoms with Crippen molar-refractivity contribution in [3.8, 4) is 12.1 Å². The van der Waals surface area contributed by atoms with Crippen molar-refractivity contribution < 1.29 is 0 Å². The largest absolute Gasteiger partial charge is 0.256 e. The van der Waals surface area contributed by atoms with E-state index in [-0.39, 0.29) is 5.92 Å². The summed E-state index contributed by atoms with van der Waals surface area (Å²) in [5.74, 6) is 0.148. The van der Waals surface area contributed by atoms with E-state index < -0.39 is 0 Å². The molecule has 1 aliphatic rings. The third kappa shape index (κ3) is 3.26.